The van der Waals surface area contributed by atoms with Crippen molar-refractivity contribution in [2.45, 2.75) is 19.9 Å². The highest BCUT2D eigenvalue weighted by molar-refractivity contribution is 6.30. The molecule has 1 N–H and O–H groups in total. The molecule has 2 aromatic rings. The second kappa shape index (κ2) is 7.29. The molecule has 120 valence electrons. The molecule has 0 aliphatic rings. The van der Waals surface area contributed by atoms with Crippen molar-refractivity contribution in [2.24, 2.45) is 0 Å². The van der Waals surface area contributed by atoms with E-state index in [0.29, 0.717) is 16.3 Å². The van der Waals surface area contributed by atoms with Crippen molar-refractivity contribution < 1.29 is 9.59 Å². The number of hydrogen-bond acceptors (Lipinski definition) is 2. The van der Waals surface area contributed by atoms with Crippen molar-refractivity contribution in [1.82, 2.24) is 4.90 Å². The van der Waals surface area contributed by atoms with Gasteiger partial charge in [0.25, 0.3) is 5.91 Å². The fourth-order valence-corrected chi connectivity index (χ4v) is 2.40. The fourth-order valence-electron chi connectivity index (χ4n) is 2.28. The van der Waals surface area contributed by atoms with Crippen LogP contribution >= 0.6 is 11.6 Å². The van der Waals surface area contributed by atoms with E-state index in [4.69, 9.17) is 11.6 Å². The molecule has 4 nitrogen and oxygen atoms in total. The molecule has 0 radical (unpaired) electrons. The normalized spacial score (nSPS) is 11.7. The molecule has 0 aliphatic heterocycles. The number of nitrogens with one attached hydrogen (secondary N) is 1. The number of nitrogens with zero attached hydrogens (tertiary/aromatic N) is 1. The van der Waals surface area contributed by atoms with Gasteiger partial charge in [0.05, 0.1) is 6.04 Å². The Bertz CT molecular complexity index is 713. The lowest BCUT2D eigenvalue weighted by Gasteiger charge is -2.25. The third kappa shape index (κ3) is 4.33. The number of carbonyl (C=O) groups is 2. The summed E-state index contributed by atoms with van der Waals surface area (Å²) < 4.78 is 0. The lowest BCUT2D eigenvalue weighted by molar-refractivity contribution is -0.114. The molecule has 5 heteroatoms. The maximum absolute atomic E-state index is 12.7. The average Bonchev–Trinajstić information content (AvgIpc) is 2.53. The van der Waals surface area contributed by atoms with Crippen molar-refractivity contribution in [3.05, 3.63) is 64.7 Å². The Morgan fingerprint density at radius 1 is 1.13 bits per heavy atom. The van der Waals surface area contributed by atoms with E-state index < -0.39 is 0 Å². The first-order chi connectivity index (χ1) is 10.9. The molecular weight excluding hydrogens is 312 g/mol. The van der Waals surface area contributed by atoms with Crippen LogP contribution in [0.1, 0.15) is 35.8 Å². The Labute approximate surface area is 141 Å². The summed E-state index contributed by atoms with van der Waals surface area (Å²) in [5.41, 5.74) is 2.14. The average molecular weight is 331 g/mol. The summed E-state index contributed by atoms with van der Waals surface area (Å²) in [6, 6.07) is 14.2. The van der Waals surface area contributed by atoms with E-state index in [2.05, 4.69) is 5.32 Å². The lowest BCUT2D eigenvalue weighted by atomic mass is 10.1. The van der Waals surface area contributed by atoms with Crippen molar-refractivity contribution in [3.8, 4) is 0 Å². The van der Waals surface area contributed by atoms with E-state index in [1.807, 2.05) is 31.2 Å². The van der Waals surface area contributed by atoms with Crippen LogP contribution in [0.2, 0.25) is 5.02 Å². The molecule has 0 saturated heterocycles. The first kappa shape index (κ1) is 17.0. The minimum atomic E-state index is -0.169. The standard InChI is InChI=1S/C18H19ClN2O2/c1-12(14-7-9-16(19)10-8-14)21(3)18(23)15-5-4-6-17(11-15)20-13(2)22/h4-12H,1-3H3,(H,20,22). The molecule has 0 spiro atoms. The van der Waals surface area contributed by atoms with Gasteiger partial charge in [-0.3, -0.25) is 9.59 Å². The topological polar surface area (TPSA) is 49.4 Å². The van der Waals surface area contributed by atoms with Gasteiger partial charge in [0, 0.05) is 30.2 Å². The Kier molecular flexibility index (Phi) is 5.40. The zero-order valence-electron chi connectivity index (χ0n) is 13.3. The molecule has 0 aromatic heterocycles. The van der Waals surface area contributed by atoms with Crippen molar-refractivity contribution >= 4 is 29.1 Å². The van der Waals surface area contributed by atoms with E-state index in [9.17, 15) is 9.59 Å². The molecule has 2 amide bonds. The largest absolute Gasteiger partial charge is 0.335 e. The first-order valence-electron chi connectivity index (χ1n) is 7.29. The van der Waals surface area contributed by atoms with E-state index in [1.54, 1.807) is 36.2 Å². The maximum atomic E-state index is 12.7. The number of rotatable bonds is 4. The molecule has 1 unspecified atom stereocenters. The van der Waals surface area contributed by atoms with Crippen LogP contribution in [-0.4, -0.2) is 23.8 Å². The van der Waals surface area contributed by atoms with Crippen LogP contribution in [0.4, 0.5) is 5.69 Å². The summed E-state index contributed by atoms with van der Waals surface area (Å²) in [6.07, 6.45) is 0. The minimum absolute atomic E-state index is 0.0933. The van der Waals surface area contributed by atoms with Crippen LogP contribution in [0.15, 0.2) is 48.5 Å². The van der Waals surface area contributed by atoms with Gasteiger partial charge in [0.1, 0.15) is 0 Å². The van der Waals surface area contributed by atoms with Crippen LogP contribution < -0.4 is 5.32 Å². The van der Waals surface area contributed by atoms with Crippen LogP contribution in [0.25, 0.3) is 0 Å². The second-order valence-electron chi connectivity index (χ2n) is 5.41. The summed E-state index contributed by atoms with van der Waals surface area (Å²) >= 11 is 5.90. The van der Waals surface area contributed by atoms with Gasteiger partial charge in [-0.1, -0.05) is 29.8 Å². The van der Waals surface area contributed by atoms with Crippen molar-refractivity contribution in [3.63, 3.8) is 0 Å². The predicted octanol–water partition coefficient (Wildman–Crippen LogP) is 4.13. The third-order valence-electron chi connectivity index (χ3n) is 3.68. The minimum Gasteiger partial charge on any atom is -0.335 e. The van der Waals surface area contributed by atoms with E-state index in [0.717, 1.165) is 5.56 Å². The quantitative estimate of drug-likeness (QED) is 0.916. The smallest absolute Gasteiger partial charge is 0.254 e. The summed E-state index contributed by atoms with van der Waals surface area (Å²) in [7, 11) is 1.76. The van der Waals surface area contributed by atoms with Gasteiger partial charge >= 0.3 is 0 Å². The molecular formula is C18H19ClN2O2. The molecule has 0 heterocycles. The molecule has 1 atom stereocenters. The zero-order chi connectivity index (χ0) is 17.0. The lowest BCUT2D eigenvalue weighted by Crippen LogP contribution is -2.29. The maximum Gasteiger partial charge on any atom is 0.254 e. The van der Waals surface area contributed by atoms with Crippen LogP contribution in [0.5, 0.6) is 0 Å². The van der Waals surface area contributed by atoms with Gasteiger partial charge in [-0.05, 0) is 42.8 Å². The molecule has 0 fully saturated rings. The van der Waals surface area contributed by atoms with Gasteiger partial charge < -0.3 is 10.2 Å². The van der Waals surface area contributed by atoms with Crippen LogP contribution in [-0.2, 0) is 4.79 Å². The summed E-state index contributed by atoms with van der Waals surface area (Å²) in [5, 5.41) is 3.35. The van der Waals surface area contributed by atoms with Crippen LogP contribution in [0.3, 0.4) is 0 Å². The first-order valence-corrected chi connectivity index (χ1v) is 7.66. The monoisotopic (exact) mass is 330 g/mol. The highest BCUT2D eigenvalue weighted by Crippen LogP contribution is 2.23. The fraction of sp³-hybridized carbons (Fsp3) is 0.222. The SMILES string of the molecule is CC(=O)Nc1cccc(C(=O)N(C)C(C)c2ccc(Cl)cc2)c1. The third-order valence-corrected chi connectivity index (χ3v) is 3.94. The Hall–Kier alpha value is -2.33. The molecule has 0 aliphatic carbocycles. The molecule has 0 bridgehead atoms. The van der Waals surface area contributed by atoms with Gasteiger partial charge in [-0.15, -0.1) is 0 Å². The van der Waals surface area contributed by atoms with Gasteiger partial charge in [0.2, 0.25) is 5.91 Å². The number of benzene rings is 2. The van der Waals surface area contributed by atoms with Crippen LogP contribution in [0, 0.1) is 0 Å². The Morgan fingerprint density at radius 2 is 1.78 bits per heavy atom. The Balaban J connectivity index is 2.18. The number of amides is 2. The van der Waals surface area contributed by atoms with Gasteiger partial charge in [-0.25, -0.2) is 0 Å². The van der Waals surface area contributed by atoms with Crippen molar-refractivity contribution in [2.75, 3.05) is 12.4 Å². The second-order valence-corrected chi connectivity index (χ2v) is 5.84. The molecule has 2 rings (SSSR count). The zero-order valence-corrected chi connectivity index (χ0v) is 14.1. The van der Waals surface area contributed by atoms with E-state index >= 15 is 0 Å². The van der Waals surface area contributed by atoms with E-state index in [-0.39, 0.29) is 17.9 Å². The highest BCUT2D eigenvalue weighted by atomic mass is 35.5. The van der Waals surface area contributed by atoms with Gasteiger partial charge in [0.15, 0.2) is 0 Å². The summed E-state index contributed by atoms with van der Waals surface area (Å²) in [4.78, 5) is 25.4. The highest BCUT2D eigenvalue weighted by Gasteiger charge is 2.19. The van der Waals surface area contributed by atoms with Crippen molar-refractivity contribution in [1.29, 1.82) is 0 Å². The van der Waals surface area contributed by atoms with E-state index in [1.165, 1.54) is 6.92 Å². The number of carbonyl (C=O) groups excluding carboxylic acids is 2. The number of hydrogen-bond donors (Lipinski definition) is 1. The number of halogens is 1. The molecule has 2 aromatic carbocycles. The predicted molar refractivity (Wildman–Crippen MR) is 92.7 cm³/mol. The Morgan fingerprint density at radius 3 is 2.39 bits per heavy atom. The molecule has 0 saturated carbocycles. The van der Waals surface area contributed by atoms with Gasteiger partial charge in [-0.2, -0.15) is 0 Å². The summed E-state index contributed by atoms with van der Waals surface area (Å²) in [5.74, 6) is -0.280. The number of anilines is 1. The molecule has 23 heavy (non-hydrogen) atoms. The summed E-state index contributed by atoms with van der Waals surface area (Å²) in [6.45, 7) is 3.39.